The number of hydrogen-bond donors (Lipinski definition) is 0. The van der Waals surface area contributed by atoms with E-state index in [1.165, 1.54) is 24.8 Å². The maximum Gasteiger partial charge on any atom is 0.143 e. The molecule has 4 heteroatoms. The van der Waals surface area contributed by atoms with E-state index < -0.39 is 0 Å². The molecule has 1 fully saturated rings. The highest BCUT2D eigenvalue weighted by Crippen LogP contribution is 2.31. The molecule has 0 aliphatic carbocycles. The van der Waals surface area contributed by atoms with Crippen molar-refractivity contribution in [3.8, 4) is 0 Å². The van der Waals surface area contributed by atoms with Crippen LogP contribution >= 0.6 is 27.5 Å². The number of rotatable bonds is 2. The van der Waals surface area contributed by atoms with Crippen LogP contribution in [0.25, 0.3) is 0 Å². The monoisotopic (exact) mass is 302 g/mol. The lowest BCUT2D eigenvalue weighted by atomic mass is 10.0. The fourth-order valence-electron chi connectivity index (χ4n) is 2.17. The summed E-state index contributed by atoms with van der Waals surface area (Å²) in [6.45, 7) is 3.15. The number of pyridine rings is 1. The number of aromatic nitrogens is 1. The zero-order valence-electron chi connectivity index (χ0n) is 9.42. The fraction of sp³-hybridized carbons (Fsp3) is 0.583. The molecule has 2 heterocycles. The van der Waals surface area contributed by atoms with Crippen molar-refractivity contribution >= 4 is 33.3 Å². The first-order valence-corrected chi connectivity index (χ1v) is 7.00. The number of hydrogen-bond acceptors (Lipinski definition) is 2. The Bertz CT molecular complexity index is 370. The van der Waals surface area contributed by atoms with Crippen LogP contribution in [0.1, 0.15) is 24.8 Å². The van der Waals surface area contributed by atoms with Gasteiger partial charge in [0.05, 0.1) is 4.47 Å². The van der Waals surface area contributed by atoms with E-state index in [0.717, 1.165) is 16.8 Å². The van der Waals surface area contributed by atoms with E-state index in [0.29, 0.717) is 11.9 Å². The first kappa shape index (κ1) is 12.2. The minimum Gasteiger partial charge on any atom is -0.351 e. The Balaban J connectivity index is 2.30. The highest BCUT2D eigenvalue weighted by Gasteiger charge is 2.24. The summed E-state index contributed by atoms with van der Waals surface area (Å²) in [5.41, 5.74) is 1.23. The van der Waals surface area contributed by atoms with Crippen LogP contribution in [0.4, 0.5) is 5.82 Å². The topological polar surface area (TPSA) is 16.1 Å². The van der Waals surface area contributed by atoms with Crippen molar-refractivity contribution in [2.45, 2.75) is 32.2 Å². The molecule has 16 heavy (non-hydrogen) atoms. The number of nitrogens with zero attached hydrogens (tertiary/aromatic N) is 2. The third-order valence-electron chi connectivity index (χ3n) is 3.14. The van der Waals surface area contributed by atoms with Gasteiger partial charge in [0.15, 0.2) is 0 Å². The Hall–Kier alpha value is -0.280. The lowest BCUT2D eigenvalue weighted by Crippen LogP contribution is -2.41. The van der Waals surface area contributed by atoms with Gasteiger partial charge in [-0.25, -0.2) is 4.98 Å². The number of aryl methyl sites for hydroxylation is 1. The molecular weight excluding hydrogens is 288 g/mol. The number of halogens is 2. The molecular formula is C12H16BrClN2. The van der Waals surface area contributed by atoms with Crippen LogP contribution < -0.4 is 4.90 Å². The molecule has 0 saturated carbocycles. The van der Waals surface area contributed by atoms with Gasteiger partial charge in [0, 0.05) is 24.7 Å². The Morgan fingerprint density at radius 1 is 1.56 bits per heavy atom. The maximum absolute atomic E-state index is 6.03. The zero-order valence-corrected chi connectivity index (χ0v) is 11.8. The van der Waals surface area contributed by atoms with Gasteiger partial charge in [0.1, 0.15) is 5.82 Å². The third-order valence-corrected chi connectivity index (χ3v) is 4.48. The van der Waals surface area contributed by atoms with Gasteiger partial charge in [-0.2, -0.15) is 0 Å². The van der Waals surface area contributed by atoms with Gasteiger partial charge < -0.3 is 4.90 Å². The normalized spacial score (nSPS) is 21.2. The molecule has 88 valence electrons. The molecule has 1 unspecified atom stereocenters. The molecule has 2 rings (SSSR count). The van der Waals surface area contributed by atoms with Crippen LogP contribution in [-0.2, 0) is 0 Å². The van der Waals surface area contributed by atoms with Gasteiger partial charge in [-0.05, 0) is 53.7 Å². The molecule has 1 aliphatic rings. The van der Waals surface area contributed by atoms with Crippen molar-refractivity contribution in [2.24, 2.45) is 0 Å². The van der Waals surface area contributed by atoms with Crippen LogP contribution in [-0.4, -0.2) is 23.5 Å². The Labute approximate surface area is 110 Å². The summed E-state index contributed by atoms with van der Waals surface area (Å²) >= 11 is 9.66. The molecule has 1 aromatic heterocycles. The molecule has 0 bridgehead atoms. The van der Waals surface area contributed by atoms with Crippen molar-refractivity contribution in [1.29, 1.82) is 0 Å². The van der Waals surface area contributed by atoms with Crippen LogP contribution in [0, 0.1) is 6.92 Å². The molecule has 1 aromatic rings. The molecule has 0 N–H and O–H groups in total. The zero-order chi connectivity index (χ0) is 11.5. The van der Waals surface area contributed by atoms with Gasteiger partial charge in [-0.1, -0.05) is 0 Å². The summed E-state index contributed by atoms with van der Waals surface area (Å²) in [7, 11) is 0. The van der Waals surface area contributed by atoms with E-state index in [2.05, 4.69) is 32.7 Å². The molecule has 0 radical (unpaired) electrons. The Morgan fingerprint density at radius 2 is 2.38 bits per heavy atom. The summed E-state index contributed by atoms with van der Waals surface area (Å²) in [5.74, 6) is 1.73. The summed E-state index contributed by atoms with van der Waals surface area (Å²) in [6, 6.07) is 2.45. The largest absolute Gasteiger partial charge is 0.351 e. The molecule has 2 nitrogen and oxygen atoms in total. The van der Waals surface area contributed by atoms with Gasteiger partial charge in [0.25, 0.3) is 0 Å². The summed E-state index contributed by atoms with van der Waals surface area (Å²) in [6.07, 6.45) is 5.55. The second kappa shape index (κ2) is 5.37. The predicted molar refractivity (Wildman–Crippen MR) is 72.4 cm³/mol. The predicted octanol–water partition coefficient (Wildman–Crippen LogP) is 3.75. The average molecular weight is 304 g/mol. The lowest BCUT2D eigenvalue weighted by Gasteiger charge is -2.36. The lowest BCUT2D eigenvalue weighted by molar-refractivity contribution is 0.484. The summed E-state index contributed by atoms with van der Waals surface area (Å²) in [4.78, 5) is 6.82. The van der Waals surface area contributed by atoms with E-state index in [1.54, 1.807) is 0 Å². The molecule has 1 saturated heterocycles. The smallest absolute Gasteiger partial charge is 0.143 e. The van der Waals surface area contributed by atoms with E-state index in [4.69, 9.17) is 11.6 Å². The third kappa shape index (κ3) is 2.35. The van der Waals surface area contributed by atoms with Gasteiger partial charge in [-0.3, -0.25) is 0 Å². The van der Waals surface area contributed by atoms with Crippen molar-refractivity contribution in [1.82, 2.24) is 4.98 Å². The maximum atomic E-state index is 6.03. The van der Waals surface area contributed by atoms with Gasteiger partial charge in [0.2, 0.25) is 0 Å². The van der Waals surface area contributed by atoms with Crippen molar-refractivity contribution in [3.05, 3.63) is 22.3 Å². The Kier molecular flexibility index (Phi) is 4.09. The van der Waals surface area contributed by atoms with Crippen LogP contribution in [0.5, 0.6) is 0 Å². The van der Waals surface area contributed by atoms with E-state index in [-0.39, 0.29) is 0 Å². The first-order valence-electron chi connectivity index (χ1n) is 5.67. The molecule has 0 spiro atoms. The standard InChI is InChI=1S/C12H16BrClN2/c1-9-5-6-15-12(11(9)13)16-7-3-2-4-10(16)8-14/h5-6,10H,2-4,7-8H2,1H3. The first-order chi connectivity index (χ1) is 7.74. The highest BCUT2D eigenvalue weighted by atomic mass is 79.9. The quantitative estimate of drug-likeness (QED) is 0.774. The van der Waals surface area contributed by atoms with Gasteiger partial charge in [-0.15, -0.1) is 11.6 Å². The molecule has 0 aromatic carbocycles. The molecule has 1 atom stereocenters. The van der Waals surface area contributed by atoms with Crippen molar-refractivity contribution in [3.63, 3.8) is 0 Å². The molecule has 0 amide bonds. The van der Waals surface area contributed by atoms with Crippen LogP contribution in [0.15, 0.2) is 16.7 Å². The SMILES string of the molecule is Cc1ccnc(N2CCCCC2CCl)c1Br. The molecule has 1 aliphatic heterocycles. The fourth-order valence-corrected chi connectivity index (χ4v) is 2.95. The van der Waals surface area contributed by atoms with Crippen LogP contribution in [0.3, 0.4) is 0 Å². The summed E-state index contributed by atoms with van der Waals surface area (Å²) < 4.78 is 1.10. The van der Waals surface area contributed by atoms with E-state index in [9.17, 15) is 0 Å². The number of anilines is 1. The minimum absolute atomic E-state index is 0.431. The van der Waals surface area contributed by atoms with E-state index >= 15 is 0 Å². The second-order valence-corrected chi connectivity index (χ2v) is 5.36. The highest BCUT2D eigenvalue weighted by molar-refractivity contribution is 9.10. The van der Waals surface area contributed by atoms with Crippen LogP contribution in [0.2, 0.25) is 0 Å². The second-order valence-electron chi connectivity index (χ2n) is 4.26. The minimum atomic E-state index is 0.431. The number of alkyl halides is 1. The van der Waals surface area contributed by atoms with E-state index in [1.807, 2.05) is 12.3 Å². The van der Waals surface area contributed by atoms with Crippen molar-refractivity contribution < 1.29 is 0 Å². The van der Waals surface area contributed by atoms with Gasteiger partial charge >= 0.3 is 0 Å². The Morgan fingerprint density at radius 3 is 3.12 bits per heavy atom. The van der Waals surface area contributed by atoms with Crippen molar-refractivity contribution in [2.75, 3.05) is 17.3 Å². The summed E-state index contributed by atoms with van der Waals surface area (Å²) in [5, 5.41) is 0. The average Bonchev–Trinajstić information content (AvgIpc) is 2.33. The number of piperidine rings is 1.